The Morgan fingerprint density at radius 3 is 2.20 bits per heavy atom. The highest BCUT2D eigenvalue weighted by Crippen LogP contribution is 2.45. The molecule has 0 bridgehead atoms. The zero-order valence-electron chi connectivity index (χ0n) is 12.0. The smallest absolute Gasteiger partial charge is 0.168 e. The van der Waals surface area contributed by atoms with E-state index in [9.17, 15) is 8.78 Å². The number of hydrogen-bond donors (Lipinski definition) is 1. The average molecular weight is 286 g/mol. The normalized spacial score (nSPS) is 23.1. The Balaban J connectivity index is 2.54. The van der Waals surface area contributed by atoms with Crippen molar-refractivity contribution in [1.82, 2.24) is 4.90 Å². The Kier molecular flexibility index (Phi) is 4.45. The van der Waals surface area contributed by atoms with Gasteiger partial charge >= 0.3 is 0 Å². The first-order valence-electron chi connectivity index (χ1n) is 6.53. The van der Waals surface area contributed by atoms with E-state index in [1.54, 1.807) is 0 Å². The molecule has 0 saturated carbocycles. The van der Waals surface area contributed by atoms with Crippen LogP contribution in [0.5, 0.6) is 11.5 Å². The van der Waals surface area contributed by atoms with Crippen LogP contribution in [0.25, 0.3) is 0 Å². The Morgan fingerprint density at radius 1 is 1.25 bits per heavy atom. The predicted molar refractivity (Wildman–Crippen MR) is 72.0 cm³/mol. The lowest BCUT2D eigenvalue weighted by Gasteiger charge is -2.24. The highest BCUT2D eigenvalue weighted by atomic mass is 19.1. The second kappa shape index (κ2) is 5.93. The van der Waals surface area contributed by atoms with Crippen LogP contribution >= 0.6 is 0 Å². The minimum Gasteiger partial charge on any atom is -0.493 e. The van der Waals surface area contributed by atoms with E-state index < -0.39 is 11.6 Å². The fourth-order valence-electron chi connectivity index (χ4n) is 2.93. The first kappa shape index (κ1) is 15.0. The number of methoxy groups -OCH3 is 2. The second-order valence-electron chi connectivity index (χ2n) is 5.11. The van der Waals surface area contributed by atoms with E-state index in [-0.39, 0.29) is 17.5 Å². The van der Waals surface area contributed by atoms with Gasteiger partial charge in [0.05, 0.1) is 19.8 Å². The number of halogens is 2. The molecule has 1 aliphatic heterocycles. The van der Waals surface area contributed by atoms with Gasteiger partial charge in [-0.25, -0.2) is 8.78 Å². The molecule has 20 heavy (non-hydrogen) atoms. The fraction of sp³-hybridized carbons (Fsp3) is 0.571. The maximum absolute atomic E-state index is 13.9. The van der Waals surface area contributed by atoms with Crippen molar-refractivity contribution in [2.45, 2.75) is 12.5 Å². The van der Waals surface area contributed by atoms with E-state index in [1.165, 1.54) is 14.2 Å². The lowest BCUT2D eigenvalue weighted by molar-refractivity contribution is 0.281. The van der Waals surface area contributed by atoms with Gasteiger partial charge in [-0.2, -0.15) is 0 Å². The summed E-state index contributed by atoms with van der Waals surface area (Å²) in [4.78, 5) is 2.02. The quantitative estimate of drug-likeness (QED) is 0.919. The van der Waals surface area contributed by atoms with E-state index in [0.29, 0.717) is 18.0 Å². The third kappa shape index (κ3) is 2.45. The van der Waals surface area contributed by atoms with E-state index in [2.05, 4.69) is 0 Å². The van der Waals surface area contributed by atoms with Crippen LogP contribution in [0, 0.1) is 17.6 Å². The first-order chi connectivity index (χ1) is 9.53. The number of hydrogen-bond acceptors (Lipinski definition) is 4. The number of benzene rings is 1. The summed E-state index contributed by atoms with van der Waals surface area (Å²) in [5.41, 5.74) is 6.12. The van der Waals surface area contributed by atoms with Crippen molar-refractivity contribution in [3.63, 3.8) is 0 Å². The molecule has 1 fully saturated rings. The molecule has 4 nitrogen and oxygen atoms in total. The van der Waals surface area contributed by atoms with E-state index in [4.69, 9.17) is 15.2 Å². The summed E-state index contributed by atoms with van der Waals surface area (Å²) < 4.78 is 38.1. The number of nitrogens with two attached hydrogens (primary N) is 1. The third-order valence-electron chi connectivity index (χ3n) is 3.89. The standard InChI is InChI=1S/C14H20F2N2O2/c1-18-7-8(6-17)4-11(18)12-13(19-2)9(15)5-10(16)14(12)20-3/h5,8,11H,4,6-7,17H2,1-3H3. The molecule has 0 aliphatic carbocycles. The Morgan fingerprint density at radius 2 is 1.80 bits per heavy atom. The van der Waals surface area contributed by atoms with Crippen LogP contribution in [0.15, 0.2) is 6.07 Å². The molecule has 0 radical (unpaired) electrons. The monoisotopic (exact) mass is 286 g/mol. The summed E-state index contributed by atoms with van der Waals surface area (Å²) in [6, 6.07) is 0.620. The highest BCUT2D eigenvalue weighted by molar-refractivity contribution is 5.49. The van der Waals surface area contributed by atoms with Crippen LogP contribution in [0.2, 0.25) is 0 Å². The van der Waals surface area contributed by atoms with Crippen molar-refractivity contribution in [3.05, 3.63) is 23.3 Å². The molecule has 6 heteroatoms. The lowest BCUT2D eigenvalue weighted by Crippen LogP contribution is -2.21. The molecule has 2 unspecified atom stereocenters. The average Bonchev–Trinajstić information content (AvgIpc) is 2.79. The first-order valence-corrected chi connectivity index (χ1v) is 6.53. The maximum Gasteiger partial charge on any atom is 0.168 e. The van der Waals surface area contributed by atoms with Gasteiger partial charge in [0.1, 0.15) is 0 Å². The van der Waals surface area contributed by atoms with Crippen molar-refractivity contribution in [2.24, 2.45) is 11.7 Å². The highest BCUT2D eigenvalue weighted by Gasteiger charge is 2.36. The molecule has 0 aromatic heterocycles. The number of ether oxygens (including phenoxy) is 2. The van der Waals surface area contributed by atoms with Gasteiger partial charge in [0.25, 0.3) is 0 Å². The second-order valence-corrected chi connectivity index (χ2v) is 5.11. The fourth-order valence-corrected chi connectivity index (χ4v) is 2.93. The van der Waals surface area contributed by atoms with E-state index >= 15 is 0 Å². The zero-order chi connectivity index (χ0) is 14.9. The molecular formula is C14H20F2N2O2. The van der Waals surface area contributed by atoms with Crippen molar-refractivity contribution in [2.75, 3.05) is 34.4 Å². The minimum absolute atomic E-state index is 0.0396. The molecule has 112 valence electrons. The molecule has 2 rings (SSSR count). The number of likely N-dealkylation sites (tertiary alicyclic amines) is 1. The van der Waals surface area contributed by atoms with Crippen molar-refractivity contribution in [3.8, 4) is 11.5 Å². The van der Waals surface area contributed by atoms with Gasteiger partial charge < -0.3 is 15.2 Å². The SMILES string of the molecule is COc1c(F)cc(F)c(OC)c1C1CC(CN)CN1C. The number of rotatable bonds is 4. The van der Waals surface area contributed by atoms with E-state index in [0.717, 1.165) is 19.0 Å². The summed E-state index contributed by atoms with van der Waals surface area (Å²) in [5, 5.41) is 0. The zero-order valence-corrected chi connectivity index (χ0v) is 12.0. The van der Waals surface area contributed by atoms with Crippen LogP contribution in [-0.4, -0.2) is 39.3 Å². The summed E-state index contributed by atoms with van der Waals surface area (Å²) in [7, 11) is 4.64. The van der Waals surface area contributed by atoms with Crippen LogP contribution < -0.4 is 15.2 Å². The number of nitrogens with zero attached hydrogens (tertiary/aromatic N) is 1. The van der Waals surface area contributed by atoms with Crippen LogP contribution in [-0.2, 0) is 0 Å². The Labute approximate surface area is 117 Å². The molecule has 0 spiro atoms. The Hall–Kier alpha value is -1.40. The van der Waals surface area contributed by atoms with Crippen molar-refractivity contribution < 1.29 is 18.3 Å². The van der Waals surface area contributed by atoms with Crippen LogP contribution in [0.3, 0.4) is 0 Å². The van der Waals surface area contributed by atoms with Gasteiger partial charge in [0, 0.05) is 18.7 Å². The summed E-state index contributed by atoms with van der Waals surface area (Å²) in [5.74, 6) is -1.06. The van der Waals surface area contributed by atoms with Gasteiger partial charge in [-0.1, -0.05) is 0 Å². The van der Waals surface area contributed by atoms with Gasteiger partial charge in [-0.15, -0.1) is 0 Å². The minimum atomic E-state index is -0.717. The molecule has 2 atom stereocenters. The van der Waals surface area contributed by atoms with Gasteiger partial charge in [-0.3, -0.25) is 4.90 Å². The molecule has 2 N–H and O–H groups in total. The van der Waals surface area contributed by atoms with E-state index in [1.807, 2.05) is 11.9 Å². The maximum atomic E-state index is 13.9. The van der Waals surface area contributed by atoms with Crippen LogP contribution in [0.1, 0.15) is 18.0 Å². The van der Waals surface area contributed by atoms with Gasteiger partial charge in [0.2, 0.25) is 0 Å². The van der Waals surface area contributed by atoms with Crippen molar-refractivity contribution in [1.29, 1.82) is 0 Å². The summed E-state index contributed by atoms with van der Waals surface area (Å²) in [6.45, 7) is 1.33. The lowest BCUT2D eigenvalue weighted by atomic mass is 9.97. The summed E-state index contributed by atoms with van der Waals surface area (Å²) >= 11 is 0. The molecule has 1 saturated heterocycles. The molecule has 1 aliphatic rings. The van der Waals surface area contributed by atoms with Gasteiger partial charge in [0.15, 0.2) is 23.1 Å². The largest absolute Gasteiger partial charge is 0.493 e. The molecule has 1 aromatic rings. The van der Waals surface area contributed by atoms with Crippen molar-refractivity contribution >= 4 is 0 Å². The predicted octanol–water partition coefficient (Wildman–Crippen LogP) is 1.93. The van der Waals surface area contributed by atoms with Gasteiger partial charge in [-0.05, 0) is 25.9 Å². The topological polar surface area (TPSA) is 47.7 Å². The molecule has 0 amide bonds. The third-order valence-corrected chi connectivity index (χ3v) is 3.89. The molecular weight excluding hydrogens is 266 g/mol. The Bertz CT molecular complexity index is 468. The molecule has 1 heterocycles. The summed E-state index contributed by atoms with van der Waals surface area (Å²) in [6.07, 6.45) is 0.725. The molecule has 1 aromatic carbocycles. The van der Waals surface area contributed by atoms with Crippen LogP contribution in [0.4, 0.5) is 8.78 Å².